The first-order chi connectivity index (χ1) is 2.77. The molecule has 0 aromatic heterocycles. The molecule has 7 heteroatoms. The van der Waals surface area contributed by atoms with E-state index in [0.29, 0.717) is 0 Å². The van der Waals surface area contributed by atoms with Crippen molar-refractivity contribution in [3.05, 3.63) is 10.4 Å². The monoisotopic (exact) mass is 138 g/mol. The van der Waals surface area contributed by atoms with Crippen molar-refractivity contribution in [2.24, 2.45) is 4.52 Å². The minimum atomic E-state index is -2.61. The molecule has 5 nitrogen and oxygen atoms in total. The fourth-order valence-corrected chi connectivity index (χ4v) is 0.0894. The third kappa shape index (κ3) is 10.7. The Morgan fingerprint density at radius 1 is 1.86 bits per heavy atom. The average molecular weight is 138 g/mol. The zero-order chi connectivity index (χ0) is 4.99. The zero-order valence-electron chi connectivity index (χ0n) is 2.57. The highest BCUT2D eigenvalue weighted by Crippen LogP contribution is 1.70. The van der Waals surface area contributed by atoms with Crippen molar-refractivity contribution in [2.75, 3.05) is 0 Å². The number of azide groups is 1. The maximum atomic E-state index is 9.18. The van der Waals surface area contributed by atoms with Gasteiger partial charge in [0, 0.05) is 16.2 Å². The number of hydrogen-bond acceptors (Lipinski definition) is 2. The first kappa shape index (κ1) is 9.81. The Labute approximate surface area is 46.8 Å². The van der Waals surface area contributed by atoms with Crippen LogP contribution in [0.1, 0.15) is 0 Å². The lowest BCUT2D eigenvalue weighted by Gasteiger charge is -1.85. The SMILES string of the molecule is [N-]=[N+]=NS(=O)[O-].[SiH4]. The van der Waals surface area contributed by atoms with Gasteiger partial charge in [-0.3, -0.25) is 4.21 Å². The summed E-state index contributed by atoms with van der Waals surface area (Å²) in [4.78, 5) is 1.95. The van der Waals surface area contributed by atoms with Crippen molar-refractivity contribution in [1.29, 1.82) is 0 Å². The van der Waals surface area contributed by atoms with Gasteiger partial charge in [-0.25, -0.2) is 0 Å². The molecule has 0 fully saturated rings. The van der Waals surface area contributed by atoms with Crippen LogP contribution in [0.2, 0.25) is 0 Å². The second-order valence-corrected chi connectivity index (χ2v) is 0.986. The van der Waals surface area contributed by atoms with Crippen LogP contribution in [0.5, 0.6) is 0 Å². The molecule has 0 amide bonds. The molecule has 0 bridgehead atoms. The lowest BCUT2D eigenvalue weighted by atomic mass is 13.0. The lowest BCUT2D eigenvalue weighted by molar-refractivity contribution is 0.538. The van der Waals surface area contributed by atoms with Gasteiger partial charge in [0.2, 0.25) is 0 Å². The van der Waals surface area contributed by atoms with Gasteiger partial charge in [0.15, 0.2) is 0 Å². The molecule has 0 saturated heterocycles. The van der Waals surface area contributed by atoms with Crippen molar-refractivity contribution in [2.45, 2.75) is 0 Å². The van der Waals surface area contributed by atoms with Gasteiger partial charge in [0.1, 0.15) is 0 Å². The molecule has 0 rings (SSSR count). The molecular formula is H4N3O2SSi-. The summed E-state index contributed by atoms with van der Waals surface area (Å²) in [7, 11) is 0. The van der Waals surface area contributed by atoms with Gasteiger partial charge in [-0.2, -0.15) is 0 Å². The van der Waals surface area contributed by atoms with Crippen LogP contribution in [0.3, 0.4) is 0 Å². The van der Waals surface area contributed by atoms with E-state index in [9.17, 15) is 8.76 Å². The summed E-state index contributed by atoms with van der Waals surface area (Å²) in [5, 5.41) is 0. The Hall–Kier alpha value is -0.363. The van der Waals surface area contributed by atoms with Crippen molar-refractivity contribution in [1.82, 2.24) is 0 Å². The van der Waals surface area contributed by atoms with Gasteiger partial charge in [0.25, 0.3) is 0 Å². The van der Waals surface area contributed by atoms with Crippen LogP contribution in [-0.2, 0) is 11.3 Å². The highest BCUT2D eigenvalue weighted by Gasteiger charge is 1.58. The molecule has 0 aliphatic heterocycles. The van der Waals surface area contributed by atoms with E-state index in [1.165, 1.54) is 0 Å². The first-order valence-corrected chi connectivity index (χ1v) is 1.95. The fourth-order valence-electron chi connectivity index (χ4n) is 0.0298. The predicted molar refractivity (Wildman–Crippen MR) is 29.4 cm³/mol. The summed E-state index contributed by atoms with van der Waals surface area (Å²) in [5.41, 5.74) is 7.30. The molecule has 0 heterocycles. The van der Waals surface area contributed by atoms with Crippen LogP contribution >= 0.6 is 0 Å². The van der Waals surface area contributed by atoms with Gasteiger partial charge in [-0.1, -0.05) is 0 Å². The summed E-state index contributed by atoms with van der Waals surface area (Å²) in [6, 6.07) is 0. The molecule has 1 atom stereocenters. The molecule has 0 spiro atoms. The van der Waals surface area contributed by atoms with Gasteiger partial charge < -0.3 is 4.55 Å². The molecule has 0 aromatic rings. The average Bonchev–Trinajstić information content (AvgIpc) is 1.35. The van der Waals surface area contributed by atoms with Crippen LogP contribution in [0.25, 0.3) is 10.4 Å². The van der Waals surface area contributed by atoms with Crippen LogP contribution in [-0.4, -0.2) is 19.7 Å². The molecule has 7 heavy (non-hydrogen) atoms. The van der Waals surface area contributed by atoms with Gasteiger partial charge in [0.05, 0.1) is 0 Å². The van der Waals surface area contributed by atoms with Crippen LogP contribution in [0.15, 0.2) is 4.52 Å². The summed E-state index contributed by atoms with van der Waals surface area (Å²) in [6.07, 6.45) is 0. The van der Waals surface area contributed by atoms with E-state index < -0.39 is 11.3 Å². The molecule has 0 radical (unpaired) electrons. The van der Waals surface area contributed by atoms with Crippen molar-refractivity contribution in [3.63, 3.8) is 0 Å². The molecule has 42 valence electrons. The second-order valence-electron chi connectivity index (χ2n) is 0.388. The van der Waals surface area contributed by atoms with Gasteiger partial charge >= 0.3 is 0 Å². The number of hydrogen-bond donors (Lipinski definition) is 0. The molecule has 0 aromatic carbocycles. The Bertz CT molecular complexity index is 106. The van der Waals surface area contributed by atoms with Crippen molar-refractivity contribution < 1.29 is 8.76 Å². The van der Waals surface area contributed by atoms with E-state index in [4.69, 9.17) is 5.53 Å². The number of nitrogens with zero attached hydrogens (tertiary/aromatic N) is 3. The van der Waals surface area contributed by atoms with E-state index in [2.05, 4.69) is 4.52 Å². The van der Waals surface area contributed by atoms with Crippen molar-refractivity contribution >= 4 is 22.2 Å². The van der Waals surface area contributed by atoms with E-state index in [1.54, 1.807) is 0 Å². The highest BCUT2D eigenvalue weighted by atomic mass is 32.2. The topological polar surface area (TPSA) is 88.9 Å². The Kier molecular flexibility index (Phi) is 7.90. The zero-order valence-corrected chi connectivity index (χ0v) is 3.38. The Balaban J connectivity index is 0. The van der Waals surface area contributed by atoms with Crippen LogP contribution in [0.4, 0.5) is 0 Å². The molecule has 0 saturated carbocycles. The largest absolute Gasteiger partial charge is 0.767 e. The Morgan fingerprint density at radius 3 is 2.29 bits per heavy atom. The smallest absolute Gasteiger partial charge is 0.0367 e. The molecule has 1 unspecified atom stereocenters. The van der Waals surface area contributed by atoms with E-state index >= 15 is 0 Å². The summed E-state index contributed by atoms with van der Waals surface area (Å²) < 4.78 is 20.6. The highest BCUT2D eigenvalue weighted by molar-refractivity contribution is 7.77. The van der Waals surface area contributed by atoms with Crippen molar-refractivity contribution in [3.8, 4) is 0 Å². The second kappa shape index (κ2) is 5.64. The number of rotatable bonds is 1. The first-order valence-electron chi connectivity index (χ1n) is 0.916. The van der Waals surface area contributed by atoms with E-state index in [0.717, 1.165) is 0 Å². The quantitative estimate of drug-likeness (QED) is 0.147. The van der Waals surface area contributed by atoms with Gasteiger partial charge in [-0.15, -0.1) is 0 Å². The summed E-state index contributed by atoms with van der Waals surface area (Å²) in [6.45, 7) is 0. The predicted octanol–water partition coefficient (Wildman–Crippen LogP) is -1.36. The summed E-state index contributed by atoms with van der Waals surface area (Å²) >= 11 is -2.61. The molecule has 0 N–H and O–H groups in total. The van der Waals surface area contributed by atoms with Gasteiger partial charge in [-0.05, 0) is 21.0 Å². The fraction of sp³-hybridized carbons (Fsp3) is 0. The lowest BCUT2D eigenvalue weighted by Crippen LogP contribution is -1.71. The van der Waals surface area contributed by atoms with E-state index in [-0.39, 0.29) is 11.0 Å². The Morgan fingerprint density at radius 2 is 2.29 bits per heavy atom. The minimum Gasteiger partial charge on any atom is -0.767 e. The van der Waals surface area contributed by atoms with Crippen LogP contribution in [0, 0.1) is 0 Å². The summed E-state index contributed by atoms with van der Waals surface area (Å²) in [5.74, 6) is 0. The minimum absolute atomic E-state index is 0. The molecular weight excluding hydrogens is 134 g/mol. The van der Waals surface area contributed by atoms with E-state index in [1.807, 2.05) is 4.91 Å². The standard InChI is InChI=1S/HN3O2S.H4Si/c1-2-3-6(4)5;/h(H,4,5);1H4/p-1. The van der Waals surface area contributed by atoms with Crippen LogP contribution < -0.4 is 0 Å². The third-order valence-corrected chi connectivity index (χ3v) is 0.310. The molecule has 0 aliphatic carbocycles. The normalized spacial score (nSPS) is 10.4. The molecule has 0 aliphatic rings. The maximum Gasteiger partial charge on any atom is 0.0367 e. The maximum absolute atomic E-state index is 9.18. The third-order valence-electron chi connectivity index (χ3n) is 0.103.